The average molecular weight is 510 g/mol. The Morgan fingerprint density at radius 2 is 1.97 bits per heavy atom. The molecule has 3 heterocycles. The number of hydrogen-bond acceptors (Lipinski definition) is 7. The van der Waals surface area contributed by atoms with Gasteiger partial charge in [-0.15, -0.1) is 0 Å². The molecule has 0 aromatic heterocycles. The molecule has 3 fully saturated rings. The Morgan fingerprint density at radius 3 is 2.67 bits per heavy atom. The molecule has 3 aliphatic heterocycles. The third-order valence-corrected chi connectivity index (χ3v) is 11.1. The van der Waals surface area contributed by atoms with Gasteiger partial charge < -0.3 is 27.9 Å². The third-order valence-electron chi connectivity index (χ3n) is 6.22. The molecule has 33 heavy (non-hydrogen) atoms. The second-order valence-corrected chi connectivity index (χ2v) is 13.6. The molecule has 0 N–H and O–H groups in total. The van der Waals surface area contributed by atoms with E-state index < -0.39 is 47.4 Å². The Balaban J connectivity index is 1.72. The summed E-state index contributed by atoms with van der Waals surface area (Å²) in [5.41, 5.74) is 0. The monoisotopic (exact) mass is 509 g/mol. The molecule has 3 aliphatic rings. The summed E-state index contributed by atoms with van der Waals surface area (Å²) in [7, 11) is -4.49. The molecule has 0 spiro atoms. The van der Waals surface area contributed by atoms with Crippen molar-refractivity contribution in [2.24, 2.45) is 5.92 Å². The van der Waals surface area contributed by atoms with Crippen LogP contribution < -0.4 is 0 Å². The maximum absolute atomic E-state index is 13.8. The number of nitrogens with zero attached hydrogens (tertiary/aromatic N) is 2. The molecular formula is C23H42N2O6P2. The SMILES string of the molecule is [2H]C[C@H]1O[C@@H]([3H])C[C@@H]1O[P@@]1(=O)CCC[C@H]([C@H]2O[C@@H]([3H])C[C@@H]2OP(OCC[N+]#[C-])N(C(C)C)C(C)C)C1. The third kappa shape index (κ3) is 7.45. The summed E-state index contributed by atoms with van der Waals surface area (Å²) >= 11 is 0. The summed E-state index contributed by atoms with van der Waals surface area (Å²) in [6, 6.07) is 0.332. The van der Waals surface area contributed by atoms with Crippen LogP contribution in [0.1, 0.15) is 64.4 Å². The van der Waals surface area contributed by atoms with Gasteiger partial charge in [0.2, 0.25) is 13.9 Å². The lowest BCUT2D eigenvalue weighted by molar-refractivity contribution is 0.00525. The Hall–Kier alpha value is -0.0900. The molecule has 0 radical (unpaired) electrons. The summed E-state index contributed by atoms with van der Waals surface area (Å²) in [5, 5.41) is 0. The molecule has 1 unspecified atom stereocenters. The first-order chi connectivity index (χ1) is 17.1. The predicted octanol–water partition coefficient (Wildman–Crippen LogP) is 5.32. The highest BCUT2D eigenvalue weighted by molar-refractivity contribution is 7.59. The van der Waals surface area contributed by atoms with Crippen molar-refractivity contribution in [1.82, 2.24) is 4.67 Å². The maximum Gasteiger partial charge on any atom is 0.259 e. The molecule has 3 saturated heterocycles. The van der Waals surface area contributed by atoms with Crippen LogP contribution in [-0.4, -0.2) is 79.8 Å². The van der Waals surface area contributed by atoms with Gasteiger partial charge >= 0.3 is 0 Å². The van der Waals surface area contributed by atoms with E-state index in [0.29, 0.717) is 25.2 Å². The zero-order valence-corrected chi connectivity index (χ0v) is 22.1. The van der Waals surface area contributed by atoms with Gasteiger partial charge in [-0.05, 0) is 66.2 Å². The lowest BCUT2D eigenvalue weighted by atomic mass is 9.95. The van der Waals surface area contributed by atoms with Gasteiger partial charge in [-0.1, -0.05) is 0 Å². The summed E-state index contributed by atoms with van der Waals surface area (Å²) in [6.45, 7) is 14.4. The van der Waals surface area contributed by atoms with Crippen molar-refractivity contribution >= 4 is 15.9 Å². The quantitative estimate of drug-likeness (QED) is 0.212. The Bertz CT molecular complexity index is 783. The van der Waals surface area contributed by atoms with Gasteiger partial charge in [-0.25, -0.2) is 11.2 Å². The van der Waals surface area contributed by atoms with Crippen LogP contribution >= 0.6 is 15.9 Å². The average Bonchev–Trinajstić information content (AvgIpc) is 3.33. The first kappa shape index (κ1) is 23.3. The maximum atomic E-state index is 13.8. The Morgan fingerprint density at radius 1 is 1.24 bits per heavy atom. The highest BCUT2D eigenvalue weighted by Gasteiger charge is 2.45. The van der Waals surface area contributed by atoms with Gasteiger partial charge in [-0.3, -0.25) is 4.57 Å². The molecule has 0 saturated carbocycles. The number of rotatable bonds is 11. The molecule has 3 rings (SSSR count). The van der Waals surface area contributed by atoms with E-state index in [2.05, 4.69) is 37.2 Å². The van der Waals surface area contributed by atoms with Crippen LogP contribution in [0.4, 0.5) is 0 Å². The van der Waals surface area contributed by atoms with Gasteiger partial charge in [0.1, 0.15) is 6.61 Å². The second-order valence-electron chi connectivity index (χ2n) is 9.51. The van der Waals surface area contributed by atoms with E-state index in [-0.39, 0.29) is 44.2 Å². The minimum atomic E-state index is -3.01. The Kier molecular flexibility index (Phi) is 9.01. The van der Waals surface area contributed by atoms with Crippen molar-refractivity contribution in [1.29, 1.82) is 0 Å². The van der Waals surface area contributed by atoms with E-state index in [4.69, 9.17) is 33.7 Å². The molecule has 0 aromatic rings. The van der Waals surface area contributed by atoms with Crippen molar-refractivity contribution in [3.63, 3.8) is 0 Å². The summed E-state index contributed by atoms with van der Waals surface area (Å²) in [5.74, 6) is -0.0832. The van der Waals surface area contributed by atoms with E-state index in [1.165, 1.54) is 0 Å². The van der Waals surface area contributed by atoms with Crippen LogP contribution in [0, 0.1) is 12.5 Å². The van der Waals surface area contributed by atoms with Crippen LogP contribution in [0.3, 0.4) is 0 Å². The zero-order valence-electron chi connectivity index (χ0n) is 23.3. The zero-order chi connectivity index (χ0) is 26.5. The number of ether oxygens (including phenoxy) is 2. The van der Waals surface area contributed by atoms with Gasteiger partial charge in [0.15, 0.2) is 0 Å². The minimum absolute atomic E-state index is 0.0229. The molecule has 190 valence electrons. The lowest BCUT2D eigenvalue weighted by Crippen LogP contribution is -2.39. The summed E-state index contributed by atoms with van der Waals surface area (Å²) in [6.07, 6.45) is 1.27. The normalized spacial score (nSPS) is 41.8. The van der Waals surface area contributed by atoms with Crippen molar-refractivity contribution < 1.29 is 31.7 Å². The Labute approximate surface area is 205 Å². The van der Waals surface area contributed by atoms with Crippen molar-refractivity contribution in [3.05, 3.63) is 11.4 Å². The fraction of sp³-hybridized carbons (Fsp3) is 0.957. The van der Waals surface area contributed by atoms with Gasteiger partial charge in [0.25, 0.3) is 8.53 Å². The van der Waals surface area contributed by atoms with E-state index in [1.54, 1.807) is 0 Å². The van der Waals surface area contributed by atoms with Crippen molar-refractivity contribution in [2.75, 3.05) is 38.6 Å². The molecule has 0 bridgehead atoms. The molecule has 0 aromatic carbocycles. The lowest BCUT2D eigenvalue weighted by Gasteiger charge is -2.39. The summed E-state index contributed by atoms with van der Waals surface area (Å²) < 4.78 is 70.0. The molecule has 0 amide bonds. The van der Waals surface area contributed by atoms with E-state index >= 15 is 0 Å². The fourth-order valence-electron chi connectivity index (χ4n) is 4.78. The standard InChI is InChI=1S/C23H42N2O6P2/c1-17(2)25(18(3)4)32(29-14-11-24-6)30-22-10-13-28-23(22)20-8-7-15-33(26,16-20)31-21-9-12-27-19(21)5/h17-23H,7-16H2,1-5H3/t19-,20+,21+,22+,23-,32?,33+/m1/s1/i5D,12T,13T/t12-,13-,19+,20-,21-,22-,23+,32?,33-/m0. The first-order valence-corrected chi connectivity index (χ1v) is 15.1. The van der Waals surface area contributed by atoms with Crippen LogP contribution in [-0.2, 0) is 27.6 Å². The fourth-order valence-corrected chi connectivity index (χ4v) is 9.37. The first-order valence-electron chi connectivity index (χ1n) is 13.9. The van der Waals surface area contributed by atoms with Gasteiger partial charge in [-0.2, -0.15) is 0 Å². The van der Waals surface area contributed by atoms with Crippen LogP contribution in [0.5, 0.6) is 0 Å². The van der Waals surface area contributed by atoms with E-state index in [1.807, 2.05) is 0 Å². The molecule has 9 atom stereocenters. The highest BCUT2D eigenvalue weighted by atomic mass is 31.2. The minimum Gasteiger partial charge on any atom is -0.376 e. The van der Waals surface area contributed by atoms with Crippen molar-refractivity contribution in [3.8, 4) is 0 Å². The highest BCUT2D eigenvalue weighted by Crippen LogP contribution is 2.57. The molecule has 10 heteroatoms. The molecular weight excluding hydrogens is 462 g/mol. The summed E-state index contributed by atoms with van der Waals surface area (Å²) in [4.78, 5) is 3.39. The van der Waals surface area contributed by atoms with Crippen LogP contribution in [0.15, 0.2) is 0 Å². The van der Waals surface area contributed by atoms with Gasteiger partial charge in [0, 0.05) is 38.9 Å². The second kappa shape index (κ2) is 12.7. The molecule has 8 nitrogen and oxygen atoms in total. The van der Waals surface area contributed by atoms with Gasteiger partial charge in [0.05, 0.1) is 27.2 Å². The largest absolute Gasteiger partial charge is 0.376 e. The predicted molar refractivity (Wildman–Crippen MR) is 131 cm³/mol. The molecule has 0 aliphatic carbocycles. The van der Waals surface area contributed by atoms with Crippen LogP contribution in [0.25, 0.3) is 4.85 Å². The van der Waals surface area contributed by atoms with E-state index in [0.717, 1.165) is 12.8 Å². The van der Waals surface area contributed by atoms with Crippen LogP contribution in [0.2, 0.25) is 0 Å². The van der Waals surface area contributed by atoms with Crippen molar-refractivity contribution in [2.45, 2.75) is 96.8 Å². The topological polar surface area (TPSA) is 70.8 Å². The number of hydrogen-bond donors (Lipinski definition) is 0. The van der Waals surface area contributed by atoms with E-state index in [9.17, 15) is 4.57 Å². The smallest absolute Gasteiger partial charge is 0.259 e.